The summed E-state index contributed by atoms with van der Waals surface area (Å²) in [7, 11) is 0. The lowest BCUT2D eigenvalue weighted by molar-refractivity contribution is -0.136. The fraction of sp³-hybridized carbons (Fsp3) is 0.143. The topological polar surface area (TPSA) is 71.3 Å². The Labute approximate surface area is 174 Å². The number of halogens is 3. The second kappa shape index (κ2) is 9.08. The third-order valence-corrected chi connectivity index (χ3v) is 5.00. The number of nitrogens with one attached hydrogen (secondary N) is 2. The molecule has 156 valence electrons. The van der Waals surface area contributed by atoms with E-state index in [0.717, 1.165) is 22.6 Å². The first-order valence-corrected chi connectivity index (χ1v) is 9.76. The molecule has 0 aliphatic heterocycles. The van der Waals surface area contributed by atoms with E-state index in [2.05, 4.69) is 10.6 Å². The number of amides is 2. The summed E-state index contributed by atoms with van der Waals surface area (Å²) in [5, 5.41) is 4.63. The summed E-state index contributed by atoms with van der Waals surface area (Å²) in [6, 6.07) is 13.5. The predicted octanol–water partition coefficient (Wildman–Crippen LogP) is 5.59. The van der Waals surface area contributed by atoms with Crippen LogP contribution in [0.25, 0.3) is 0 Å². The molecule has 2 aromatic carbocycles. The molecular formula is C21H17F3N2O3S. The van der Waals surface area contributed by atoms with Crippen LogP contribution in [0.4, 0.5) is 24.5 Å². The van der Waals surface area contributed by atoms with Crippen LogP contribution in [0.5, 0.6) is 0 Å². The first-order valence-electron chi connectivity index (χ1n) is 8.78. The number of anilines is 2. The van der Waals surface area contributed by atoms with Gasteiger partial charge in [-0.2, -0.15) is 13.2 Å². The van der Waals surface area contributed by atoms with E-state index in [9.17, 15) is 22.8 Å². The molecule has 2 amide bonds. The van der Waals surface area contributed by atoms with Crippen molar-refractivity contribution in [2.24, 2.45) is 0 Å². The summed E-state index contributed by atoms with van der Waals surface area (Å²) in [6.07, 6.45) is -3.44. The van der Waals surface area contributed by atoms with Crippen molar-refractivity contribution in [3.63, 3.8) is 0 Å². The number of benzene rings is 2. The Morgan fingerprint density at radius 2 is 1.77 bits per heavy atom. The molecule has 0 bridgehead atoms. The Morgan fingerprint density at radius 3 is 2.40 bits per heavy atom. The van der Waals surface area contributed by atoms with Gasteiger partial charge in [0.25, 0.3) is 5.91 Å². The van der Waals surface area contributed by atoms with Gasteiger partial charge in [-0.15, -0.1) is 11.8 Å². The van der Waals surface area contributed by atoms with Crippen molar-refractivity contribution < 1.29 is 27.2 Å². The van der Waals surface area contributed by atoms with Crippen molar-refractivity contribution in [1.82, 2.24) is 0 Å². The minimum absolute atomic E-state index is 0.0333. The molecule has 3 rings (SSSR count). The second-order valence-electron chi connectivity index (χ2n) is 6.34. The number of hydrogen-bond acceptors (Lipinski definition) is 4. The quantitative estimate of drug-likeness (QED) is 0.496. The van der Waals surface area contributed by atoms with Gasteiger partial charge in [-0.1, -0.05) is 17.7 Å². The van der Waals surface area contributed by atoms with Gasteiger partial charge in [-0.3, -0.25) is 9.59 Å². The summed E-state index contributed by atoms with van der Waals surface area (Å²) < 4.78 is 45.4. The van der Waals surface area contributed by atoms with Crippen LogP contribution in [0.1, 0.15) is 21.7 Å². The monoisotopic (exact) mass is 434 g/mol. The molecule has 0 atom stereocenters. The zero-order valence-electron chi connectivity index (χ0n) is 15.7. The highest BCUT2D eigenvalue weighted by Gasteiger charge is 2.34. The highest BCUT2D eigenvalue weighted by molar-refractivity contribution is 8.00. The Kier molecular flexibility index (Phi) is 6.51. The van der Waals surface area contributed by atoms with Gasteiger partial charge in [0.2, 0.25) is 5.91 Å². The van der Waals surface area contributed by atoms with E-state index in [-0.39, 0.29) is 22.9 Å². The second-order valence-corrected chi connectivity index (χ2v) is 7.39. The molecule has 1 heterocycles. The zero-order valence-corrected chi connectivity index (χ0v) is 16.6. The van der Waals surface area contributed by atoms with Gasteiger partial charge in [0.15, 0.2) is 5.76 Å². The minimum Gasteiger partial charge on any atom is -0.459 e. The molecule has 3 aromatic rings. The molecule has 1 aromatic heterocycles. The van der Waals surface area contributed by atoms with Gasteiger partial charge in [-0.25, -0.2) is 0 Å². The lowest BCUT2D eigenvalue weighted by Gasteiger charge is -2.15. The maximum Gasteiger partial charge on any atom is 0.418 e. The highest BCUT2D eigenvalue weighted by atomic mass is 32.2. The number of carbonyl (C=O) groups is 2. The molecule has 0 spiro atoms. The molecule has 0 fully saturated rings. The van der Waals surface area contributed by atoms with Gasteiger partial charge in [-0.05, 0) is 49.4 Å². The van der Waals surface area contributed by atoms with Crippen molar-refractivity contribution in [3.05, 3.63) is 77.7 Å². The molecule has 0 aliphatic rings. The molecule has 5 nitrogen and oxygen atoms in total. The summed E-state index contributed by atoms with van der Waals surface area (Å²) in [5.41, 5.74) is -0.449. The third-order valence-electron chi connectivity index (χ3n) is 3.99. The summed E-state index contributed by atoms with van der Waals surface area (Å²) in [4.78, 5) is 25.0. The normalized spacial score (nSPS) is 11.2. The first-order chi connectivity index (χ1) is 14.2. The van der Waals surface area contributed by atoms with Gasteiger partial charge < -0.3 is 15.1 Å². The molecule has 0 radical (unpaired) electrons. The van der Waals surface area contributed by atoms with Gasteiger partial charge in [0.1, 0.15) is 0 Å². The van der Waals surface area contributed by atoms with Gasteiger partial charge >= 0.3 is 6.18 Å². The Morgan fingerprint density at radius 1 is 1.03 bits per heavy atom. The minimum atomic E-state index is -4.72. The predicted molar refractivity (Wildman–Crippen MR) is 109 cm³/mol. The number of alkyl halides is 3. The van der Waals surface area contributed by atoms with Crippen molar-refractivity contribution in [2.45, 2.75) is 18.0 Å². The SMILES string of the molecule is Cc1ccc(SCC(=O)Nc2ccc(NC(=O)c3ccco3)cc2C(F)(F)F)cc1. The summed E-state index contributed by atoms with van der Waals surface area (Å²) in [6.45, 7) is 1.93. The van der Waals surface area contributed by atoms with Crippen molar-refractivity contribution in [2.75, 3.05) is 16.4 Å². The van der Waals surface area contributed by atoms with Crippen LogP contribution in [-0.4, -0.2) is 17.6 Å². The van der Waals surface area contributed by atoms with E-state index in [0.29, 0.717) is 0 Å². The van der Waals surface area contributed by atoms with Crippen LogP contribution < -0.4 is 10.6 Å². The smallest absolute Gasteiger partial charge is 0.418 e. The van der Waals surface area contributed by atoms with E-state index >= 15 is 0 Å². The van der Waals surface area contributed by atoms with E-state index in [1.54, 1.807) is 0 Å². The van der Waals surface area contributed by atoms with E-state index in [4.69, 9.17) is 4.42 Å². The Bertz CT molecular complexity index is 1030. The fourth-order valence-corrected chi connectivity index (χ4v) is 3.23. The molecule has 0 aliphatic carbocycles. The summed E-state index contributed by atoms with van der Waals surface area (Å²) >= 11 is 1.22. The number of hydrogen-bond donors (Lipinski definition) is 2. The van der Waals surface area contributed by atoms with Crippen LogP contribution in [0.3, 0.4) is 0 Å². The molecule has 30 heavy (non-hydrogen) atoms. The average molecular weight is 434 g/mol. The number of carbonyl (C=O) groups excluding carboxylic acids is 2. The number of furan rings is 1. The highest BCUT2D eigenvalue weighted by Crippen LogP contribution is 2.37. The van der Waals surface area contributed by atoms with Crippen LogP contribution in [0.2, 0.25) is 0 Å². The lowest BCUT2D eigenvalue weighted by atomic mass is 10.1. The standard InChI is InChI=1S/C21H17F3N2O3S/c1-13-4-7-15(8-5-13)30-12-19(27)26-17-9-6-14(11-16(17)21(22,23)24)25-20(28)18-3-2-10-29-18/h2-11H,12H2,1H3,(H,25,28)(H,26,27). The molecule has 0 unspecified atom stereocenters. The van der Waals surface area contributed by atoms with Gasteiger partial charge in [0.05, 0.1) is 23.3 Å². The van der Waals surface area contributed by atoms with E-state index in [1.165, 1.54) is 36.2 Å². The molecule has 9 heteroatoms. The largest absolute Gasteiger partial charge is 0.459 e. The maximum absolute atomic E-state index is 13.5. The van der Waals surface area contributed by atoms with Crippen LogP contribution in [0, 0.1) is 6.92 Å². The molecular weight excluding hydrogens is 417 g/mol. The van der Waals surface area contributed by atoms with Crippen molar-refractivity contribution in [1.29, 1.82) is 0 Å². The average Bonchev–Trinajstić information content (AvgIpc) is 3.23. The van der Waals surface area contributed by atoms with Crippen molar-refractivity contribution in [3.8, 4) is 0 Å². The number of aryl methyl sites for hydroxylation is 1. The summed E-state index contributed by atoms with van der Waals surface area (Å²) in [5.74, 6) is -1.33. The lowest BCUT2D eigenvalue weighted by Crippen LogP contribution is -2.19. The maximum atomic E-state index is 13.5. The Balaban J connectivity index is 1.71. The zero-order chi connectivity index (χ0) is 21.7. The Hall–Kier alpha value is -3.20. The van der Waals surface area contributed by atoms with E-state index in [1.807, 2.05) is 31.2 Å². The van der Waals surface area contributed by atoms with E-state index < -0.39 is 23.6 Å². The van der Waals surface area contributed by atoms with Crippen LogP contribution in [-0.2, 0) is 11.0 Å². The first kappa shape index (κ1) is 21.5. The number of thioether (sulfide) groups is 1. The third kappa shape index (κ3) is 5.66. The van der Waals surface area contributed by atoms with Gasteiger partial charge in [0, 0.05) is 10.6 Å². The fourth-order valence-electron chi connectivity index (χ4n) is 2.54. The van der Waals surface area contributed by atoms with Crippen LogP contribution in [0.15, 0.2) is 70.2 Å². The van der Waals surface area contributed by atoms with Crippen LogP contribution >= 0.6 is 11.8 Å². The molecule has 2 N–H and O–H groups in total. The van der Waals surface area contributed by atoms with Crippen molar-refractivity contribution >= 4 is 35.0 Å². The number of rotatable bonds is 6. The molecule has 0 saturated carbocycles. The molecule has 0 saturated heterocycles.